The SMILES string of the molecule is COc1cccc(OC(=O)C(CC(=O)O)N(C)c2ccccc2)c1. The number of hydrogen-bond donors (Lipinski definition) is 1. The summed E-state index contributed by atoms with van der Waals surface area (Å²) in [6, 6.07) is 14.7. The zero-order valence-corrected chi connectivity index (χ0v) is 13.5. The van der Waals surface area contributed by atoms with E-state index in [1.807, 2.05) is 18.2 Å². The van der Waals surface area contributed by atoms with Crippen LogP contribution in [-0.2, 0) is 9.59 Å². The fourth-order valence-corrected chi connectivity index (χ4v) is 2.24. The van der Waals surface area contributed by atoms with Gasteiger partial charge in [-0.1, -0.05) is 24.3 Å². The van der Waals surface area contributed by atoms with Crippen LogP contribution in [0.15, 0.2) is 54.6 Å². The van der Waals surface area contributed by atoms with Crippen molar-refractivity contribution >= 4 is 17.6 Å². The number of ether oxygens (including phenoxy) is 2. The van der Waals surface area contributed by atoms with Gasteiger partial charge in [0.25, 0.3) is 0 Å². The van der Waals surface area contributed by atoms with Crippen molar-refractivity contribution in [2.75, 3.05) is 19.1 Å². The molecule has 0 fully saturated rings. The Hall–Kier alpha value is -3.02. The molecule has 1 atom stereocenters. The first-order valence-corrected chi connectivity index (χ1v) is 7.36. The Kier molecular flexibility index (Phi) is 5.78. The Morgan fingerprint density at radius 3 is 2.38 bits per heavy atom. The van der Waals surface area contributed by atoms with Crippen LogP contribution in [-0.4, -0.2) is 37.2 Å². The van der Waals surface area contributed by atoms with Gasteiger partial charge in [-0.2, -0.15) is 0 Å². The number of carbonyl (C=O) groups is 2. The van der Waals surface area contributed by atoms with E-state index in [-0.39, 0.29) is 6.42 Å². The lowest BCUT2D eigenvalue weighted by atomic mass is 10.1. The molecule has 0 aliphatic heterocycles. The fraction of sp³-hybridized carbons (Fsp3) is 0.222. The Bertz CT molecular complexity index is 702. The Morgan fingerprint density at radius 2 is 1.75 bits per heavy atom. The standard InChI is InChI=1S/C18H19NO5/c1-19(13-7-4-3-5-8-13)16(12-17(20)21)18(22)24-15-10-6-9-14(11-15)23-2/h3-11,16H,12H2,1-2H3,(H,20,21). The molecule has 0 saturated heterocycles. The molecule has 1 unspecified atom stereocenters. The molecule has 0 heterocycles. The molecule has 1 N–H and O–H groups in total. The minimum atomic E-state index is -1.08. The summed E-state index contributed by atoms with van der Waals surface area (Å²) in [5.74, 6) is -0.870. The van der Waals surface area contributed by atoms with Crippen LogP contribution in [0.2, 0.25) is 0 Å². The first-order valence-electron chi connectivity index (χ1n) is 7.36. The summed E-state index contributed by atoms with van der Waals surface area (Å²) in [4.78, 5) is 25.2. The summed E-state index contributed by atoms with van der Waals surface area (Å²) in [5.41, 5.74) is 0.728. The summed E-state index contributed by atoms with van der Waals surface area (Å²) < 4.78 is 10.4. The number of hydrogen-bond acceptors (Lipinski definition) is 5. The van der Waals surface area contributed by atoms with Gasteiger partial charge < -0.3 is 19.5 Å². The maximum absolute atomic E-state index is 12.5. The maximum Gasteiger partial charge on any atom is 0.334 e. The largest absolute Gasteiger partial charge is 0.497 e. The molecule has 0 aromatic heterocycles. The van der Waals surface area contributed by atoms with Gasteiger partial charge >= 0.3 is 11.9 Å². The van der Waals surface area contributed by atoms with E-state index in [4.69, 9.17) is 14.6 Å². The predicted molar refractivity (Wildman–Crippen MR) is 89.5 cm³/mol. The van der Waals surface area contributed by atoms with E-state index in [1.54, 1.807) is 48.3 Å². The van der Waals surface area contributed by atoms with Crippen molar-refractivity contribution in [3.8, 4) is 11.5 Å². The number of para-hydroxylation sites is 1. The maximum atomic E-state index is 12.5. The quantitative estimate of drug-likeness (QED) is 0.621. The molecule has 0 saturated carbocycles. The molecular formula is C18H19NO5. The number of carbonyl (C=O) groups excluding carboxylic acids is 1. The number of carboxylic acids is 1. The molecule has 6 nitrogen and oxygen atoms in total. The van der Waals surface area contributed by atoms with Gasteiger partial charge in [-0.3, -0.25) is 4.79 Å². The minimum Gasteiger partial charge on any atom is -0.497 e. The Balaban J connectivity index is 2.20. The number of carboxylic acid groups (broad SMARTS) is 1. The first kappa shape index (κ1) is 17.3. The molecule has 126 valence electrons. The number of aliphatic carboxylic acids is 1. The summed E-state index contributed by atoms with van der Waals surface area (Å²) in [5, 5.41) is 9.12. The molecule has 0 spiro atoms. The number of nitrogens with zero attached hydrogens (tertiary/aromatic N) is 1. The van der Waals surface area contributed by atoms with Gasteiger partial charge in [-0.25, -0.2) is 4.79 Å². The van der Waals surface area contributed by atoms with Crippen molar-refractivity contribution in [2.45, 2.75) is 12.5 Å². The van der Waals surface area contributed by atoms with Crippen LogP contribution in [0, 0.1) is 0 Å². The van der Waals surface area contributed by atoms with Crippen molar-refractivity contribution in [1.82, 2.24) is 0 Å². The van der Waals surface area contributed by atoms with Gasteiger partial charge in [-0.15, -0.1) is 0 Å². The topological polar surface area (TPSA) is 76.1 Å². The van der Waals surface area contributed by atoms with Crippen LogP contribution in [0.3, 0.4) is 0 Å². The number of likely N-dealkylation sites (N-methyl/N-ethyl adjacent to an activating group) is 1. The highest BCUT2D eigenvalue weighted by molar-refractivity contribution is 5.86. The molecule has 2 aromatic rings. The lowest BCUT2D eigenvalue weighted by Gasteiger charge is -2.27. The Morgan fingerprint density at radius 1 is 1.08 bits per heavy atom. The lowest BCUT2D eigenvalue weighted by Crippen LogP contribution is -2.42. The molecule has 0 bridgehead atoms. The van der Waals surface area contributed by atoms with Gasteiger partial charge in [0, 0.05) is 18.8 Å². The van der Waals surface area contributed by atoms with E-state index in [0.29, 0.717) is 11.5 Å². The lowest BCUT2D eigenvalue weighted by molar-refractivity contribution is -0.143. The van der Waals surface area contributed by atoms with Crippen molar-refractivity contribution in [1.29, 1.82) is 0 Å². The van der Waals surface area contributed by atoms with Gasteiger partial charge in [0.15, 0.2) is 0 Å². The molecule has 0 aliphatic carbocycles. The van der Waals surface area contributed by atoms with E-state index in [2.05, 4.69) is 0 Å². The summed E-state index contributed by atoms with van der Waals surface area (Å²) in [7, 11) is 3.17. The molecule has 2 aromatic carbocycles. The average molecular weight is 329 g/mol. The third-order valence-corrected chi connectivity index (χ3v) is 3.53. The highest BCUT2D eigenvalue weighted by atomic mass is 16.5. The van der Waals surface area contributed by atoms with Gasteiger partial charge in [0.1, 0.15) is 17.5 Å². The number of anilines is 1. The van der Waals surface area contributed by atoms with Crippen LogP contribution < -0.4 is 14.4 Å². The number of benzene rings is 2. The van der Waals surface area contributed by atoms with Crippen LogP contribution in [0.25, 0.3) is 0 Å². The third-order valence-electron chi connectivity index (χ3n) is 3.53. The number of rotatable bonds is 7. The molecule has 0 amide bonds. The number of esters is 1. The highest BCUT2D eigenvalue weighted by Crippen LogP contribution is 2.22. The van der Waals surface area contributed by atoms with E-state index in [1.165, 1.54) is 7.11 Å². The van der Waals surface area contributed by atoms with E-state index < -0.39 is 18.0 Å². The van der Waals surface area contributed by atoms with E-state index in [0.717, 1.165) is 5.69 Å². The van der Waals surface area contributed by atoms with Crippen molar-refractivity contribution in [3.05, 3.63) is 54.6 Å². The average Bonchev–Trinajstić information content (AvgIpc) is 2.59. The fourth-order valence-electron chi connectivity index (χ4n) is 2.24. The van der Waals surface area contributed by atoms with Crippen LogP contribution in [0.1, 0.15) is 6.42 Å². The second kappa shape index (κ2) is 8.01. The van der Waals surface area contributed by atoms with Crippen molar-refractivity contribution < 1.29 is 24.2 Å². The minimum absolute atomic E-state index is 0.302. The molecule has 24 heavy (non-hydrogen) atoms. The van der Waals surface area contributed by atoms with Crippen molar-refractivity contribution in [2.24, 2.45) is 0 Å². The Labute approximate surface area is 140 Å². The molecule has 2 rings (SSSR count). The van der Waals surface area contributed by atoms with Crippen LogP contribution in [0.4, 0.5) is 5.69 Å². The van der Waals surface area contributed by atoms with Gasteiger partial charge in [0.05, 0.1) is 13.5 Å². The highest BCUT2D eigenvalue weighted by Gasteiger charge is 2.28. The number of methoxy groups -OCH3 is 1. The van der Waals surface area contributed by atoms with E-state index in [9.17, 15) is 9.59 Å². The molecule has 0 aliphatic rings. The van der Waals surface area contributed by atoms with Crippen molar-refractivity contribution in [3.63, 3.8) is 0 Å². The summed E-state index contributed by atoms with van der Waals surface area (Å²) in [6.07, 6.45) is -0.367. The smallest absolute Gasteiger partial charge is 0.334 e. The normalized spacial score (nSPS) is 11.4. The molecule has 6 heteroatoms. The van der Waals surface area contributed by atoms with Gasteiger partial charge in [-0.05, 0) is 24.3 Å². The predicted octanol–water partition coefficient (Wildman–Crippen LogP) is 2.58. The second-order valence-electron chi connectivity index (χ2n) is 5.16. The van der Waals surface area contributed by atoms with E-state index >= 15 is 0 Å². The second-order valence-corrected chi connectivity index (χ2v) is 5.16. The zero-order valence-electron chi connectivity index (χ0n) is 13.5. The summed E-state index contributed by atoms with van der Waals surface area (Å²) >= 11 is 0. The van der Waals surface area contributed by atoms with Gasteiger partial charge in [0.2, 0.25) is 0 Å². The first-order chi connectivity index (χ1) is 11.5. The zero-order chi connectivity index (χ0) is 17.5. The van der Waals surface area contributed by atoms with Crippen LogP contribution >= 0.6 is 0 Å². The third kappa shape index (κ3) is 4.49. The molecular weight excluding hydrogens is 310 g/mol. The monoisotopic (exact) mass is 329 g/mol. The molecule has 0 radical (unpaired) electrons. The van der Waals surface area contributed by atoms with Crippen LogP contribution in [0.5, 0.6) is 11.5 Å². The summed E-state index contributed by atoms with van der Waals surface area (Å²) in [6.45, 7) is 0.